The molecule has 1 N–H and O–H groups in total. The van der Waals surface area contributed by atoms with E-state index in [1.54, 1.807) is 0 Å². The van der Waals surface area contributed by atoms with Crippen LogP contribution < -0.4 is 5.32 Å². The number of hydrogen-bond acceptors (Lipinski definition) is 4. The molecule has 0 saturated carbocycles. The van der Waals surface area contributed by atoms with Crippen LogP contribution in [0.1, 0.15) is 56.6 Å². The molecule has 0 radical (unpaired) electrons. The third-order valence-corrected chi connectivity index (χ3v) is 3.88. The normalized spacial score (nSPS) is 13.4. The van der Waals surface area contributed by atoms with Crippen LogP contribution in [0.2, 0.25) is 0 Å². The van der Waals surface area contributed by atoms with Crippen LogP contribution in [-0.4, -0.2) is 10.1 Å². The standard InChI is InChI=1S/C16H22BrN3O/c1-10-8-13(17)7-6-12(10)9-18-11(2)14-19-15(20-21-14)16(3,4)5/h6-8,11,18H,9H2,1-5H3. The Morgan fingerprint density at radius 2 is 2.05 bits per heavy atom. The van der Waals surface area contributed by atoms with Gasteiger partial charge in [0.1, 0.15) is 0 Å². The van der Waals surface area contributed by atoms with Gasteiger partial charge in [0, 0.05) is 16.4 Å². The first kappa shape index (κ1) is 16.2. The summed E-state index contributed by atoms with van der Waals surface area (Å²) in [5.41, 5.74) is 2.43. The summed E-state index contributed by atoms with van der Waals surface area (Å²) in [6.07, 6.45) is 0. The van der Waals surface area contributed by atoms with E-state index in [-0.39, 0.29) is 11.5 Å². The number of rotatable bonds is 4. The molecular formula is C16H22BrN3O. The Labute approximate surface area is 134 Å². The molecule has 2 aromatic rings. The lowest BCUT2D eigenvalue weighted by Gasteiger charge is -2.13. The van der Waals surface area contributed by atoms with Crippen LogP contribution in [0.15, 0.2) is 27.2 Å². The van der Waals surface area contributed by atoms with Gasteiger partial charge in [-0.2, -0.15) is 4.98 Å². The first-order valence-electron chi connectivity index (χ1n) is 7.10. The molecule has 0 aliphatic rings. The van der Waals surface area contributed by atoms with Crippen LogP contribution in [0.4, 0.5) is 0 Å². The van der Waals surface area contributed by atoms with Crippen LogP contribution in [-0.2, 0) is 12.0 Å². The summed E-state index contributed by atoms with van der Waals surface area (Å²) in [7, 11) is 0. The summed E-state index contributed by atoms with van der Waals surface area (Å²) in [4.78, 5) is 4.48. The molecule has 1 atom stereocenters. The van der Waals surface area contributed by atoms with E-state index in [1.807, 2.05) is 6.92 Å². The topological polar surface area (TPSA) is 51.0 Å². The fourth-order valence-corrected chi connectivity index (χ4v) is 2.40. The monoisotopic (exact) mass is 351 g/mol. The second-order valence-electron chi connectivity index (χ2n) is 6.38. The van der Waals surface area contributed by atoms with Crippen LogP contribution in [0, 0.1) is 6.92 Å². The molecule has 21 heavy (non-hydrogen) atoms. The molecule has 5 heteroatoms. The van der Waals surface area contributed by atoms with Gasteiger partial charge in [0.2, 0.25) is 5.89 Å². The summed E-state index contributed by atoms with van der Waals surface area (Å²) >= 11 is 3.48. The van der Waals surface area contributed by atoms with Crippen molar-refractivity contribution in [2.45, 2.75) is 52.6 Å². The van der Waals surface area contributed by atoms with E-state index < -0.39 is 0 Å². The summed E-state index contributed by atoms with van der Waals surface area (Å²) in [5.74, 6) is 1.38. The number of nitrogens with one attached hydrogen (secondary N) is 1. The predicted octanol–water partition coefficient (Wildman–Crippen LogP) is 4.29. The van der Waals surface area contributed by atoms with E-state index in [0.717, 1.165) is 16.8 Å². The van der Waals surface area contributed by atoms with Crippen molar-refractivity contribution in [1.29, 1.82) is 0 Å². The maximum absolute atomic E-state index is 5.36. The summed E-state index contributed by atoms with van der Waals surface area (Å²) in [6, 6.07) is 6.32. The molecule has 0 aliphatic heterocycles. The highest BCUT2D eigenvalue weighted by atomic mass is 79.9. The van der Waals surface area contributed by atoms with Crippen LogP contribution >= 0.6 is 15.9 Å². The van der Waals surface area contributed by atoms with Crippen LogP contribution in [0.25, 0.3) is 0 Å². The summed E-state index contributed by atoms with van der Waals surface area (Å²) in [5, 5.41) is 7.49. The molecule has 0 amide bonds. The van der Waals surface area contributed by atoms with Gasteiger partial charge in [-0.25, -0.2) is 0 Å². The largest absolute Gasteiger partial charge is 0.338 e. The van der Waals surface area contributed by atoms with E-state index in [1.165, 1.54) is 11.1 Å². The van der Waals surface area contributed by atoms with Gasteiger partial charge < -0.3 is 9.84 Å². The third kappa shape index (κ3) is 4.14. The van der Waals surface area contributed by atoms with Crippen molar-refractivity contribution in [3.8, 4) is 0 Å². The van der Waals surface area contributed by atoms with Crippen molar-refractivity contribution >= 4 is 15.9 Å². The predicted molar refractivity (Wildman–Crippen MR) is 87.1 cm³/mol. The number of aryl methyl sites for hydroxylation is 1. The van der Waals surface area contributed by atoms with Gasteiger partial charge in [0.25, 0.3) is 0 Å². The maximum atomic E-state index is 5.36. The second-order valence-corrected chi connectivity index (χ2v) is 7.30. The first-order valence-corrected chi connectivity index (χ1v) is 7.89. The quantitative estimate of drug-likeness (QED) is 0.892. The fraction of sp³-hybridized carbons (Fsp3) is 0.500. The Morgan fingerprint density at radius 3 is 2.62 bits per heavy atom. The lowest BCUT2D eigenvalue weighted by molar-refractivity contribution is 0.330. The highest BCUT2D eigenvalue weighted by molar-refractivity contribution is 9.10. The number of nitrogens with zero attached hydrogens (tertiary/aromatic N) is 2. The van der Waals surface area contributed by atoms with E-state index in [0.29, 0.717) is 5.89 Å². The average Bonchev–Trinajstić information content (AvgIpc) is 2.87. The van der Waals surface area contributed by atoms with E-state index in [2.05, 4.69) is 77.3 Å². The van der Waals surface area contributed by atoms with Gasteiger partial charge in [-0.1, -0.05) is 47.9 Å². The molecule has 2 rings (SSSR count). The lowest BCUT2D eigenvalue weighted by atomic mass is 9.96. The molecule has 0 bridgehead atoms. The van der Waals surface area contributed by atoms with Crippen molar-refractivity contribution in [1.82, 2.24) is 15.5 Å². The molecular weight excluding hydrogens is 330 g/mol. The number of aromatic nitrogens is 2. The molecule has 0 aliphatic carbocycles. The molecule has 0 fully saturated rings. The summed E-state index contributed by atoms with van der Waals surface area (Å²) in [6.45, 7) is 11.1. The minimum atomic E-state index is -0.0935. The summed E-state index contributed by atoms with van der Waals surface area (Å²) < 4.78 is 6.46. The molecule has 1 aromatic carbocycles. The number of halogens is 1. The minimum absolute atomic E-state index is 0.0247. The average molecular weight is 352 g/mol. The van der Waals surface area contributed by atoms with Gasteiger partial charge >= 0.3 is 0 Å². The number of benzene rings is 1. The highest BCUT2D eigenvalue weighted by Gasteiger charge is 2.22. The Morgan fingerprint density at radius 1 is 1.33 bits per heavy atom. The van der Waals surface area contributed by atoms with E-state index in [9.17, 15) is 0 Å². The first-order chi connectivity index (χ1) is 9.77. The zero-order valence-corrected chi connectivity index (χ0v) is 14.8. The zero-order chi connectivity index (χ0) is 15.6. The maximum Gasteiger partial charge on any atom is 0.243 e. The Bertz CT molecular complexity index is 616. The molecule has 1 heterocycles. The smallest absolute Gasteiger partial charge is 0.243 e. The third-order valence-electron chi connectivity index (χ3n) is 3.39. The van der Waals surface area contributed by atoms with E-state index >= 15 is 0 Å². The van der Waals surface area contributed by atoms with Crippen LogP contribution in [0.5, 0.6) is 0 Å². The van der Waals surface area contributed by atoms with Crippen molar-refractivity contribution in [3.05, 3.63) is 45.5 Å². The highest BCUT2D eigenvalue weighted by Crippen LogP contribution is 2.21. The van der Waals surface area contributed by atoms with Gasteiger partial charge in [-0.05, 0) is 37.1 Å². The van der Waals surface area contributed by atoms with E-state index in [4.69, 9.17) is 4.52 Å². The Balaban J connectivity index is 2.01. The zero-order valence-electron chi connectivity index (χ0n) is 13.2. The molecule has 0 saturated heterocycles. The fourth-order valence-electron chi connectivity index (χ4n) is 1.92. The second kappa shape index (κ2) is 6.28. The van der Waals surface area contributed by atoms with Gasteiger partial charge in [0.05, 0.1) is 6.04 Å². The van der Waals surface area contributed by atoms with Gasteiger partial charge in [0.15, 0.2) is 5.82 Å². The molecule has 0 spiro atoms. The van der Waals surface area contributed by atoms with Crippen LogP contribution in [0.3, 0.4) is 0 Å². The van der Waals surface area contributed by atoms with Crippen molar-refractivity contribution in [2.75, 3.05) is 0 Å². The Kier molecular flexibility index (Phi) is 4.84. The molecule has 1 aromatic heterocycles. The molecule has 1 unspecified atom stereocenters. The van der Waals surface area contributed by atoms with Gasteiger partial charge in [-0.3, -0.25) is 0 Å². The minimum Gasteiger partial charge on any atom is -0.338 e. The van der Waals surface area contributed by atoms with Crippen molar-refractivity contribution < 1.29 is 4.52 Å². The van der Waals surface area contributed by atoms with Gasteiger partial charge in [-0.15, -0.1) is 0 Å². The van der Waals surface area contributed by atoms with Crippen molar-refractivity contribution in [3.63, 3.8) is 0 Å². The Hall–Kier alpha value is -1.20. The molecule has 4 nitrogen and oxygen atoms in total. The number of hydrogen-bond donors (Lipinski definition) is 1. The van der Waals surface area contributed by atoms with Crippen molar-refractivity contribution in [2.24, 2.45) is 0 Å². The molecule has 114 valence electrons. The lowest BCUT2D eigenvalue weighted by Crippen LogP contribution is -2.19. The SMILES string of the molecule is Cc1cc(Br)ccc1CNC(C)c1nc(C(C)(C)C)no1.